The molecule has 0 N–H and O–H groups in total. The molecule has 20 heavy (non-hydrogen) atoms. The van der Waals surface area contributed by atoms with E-state index in [1.165, 1.54) is 0 Å². The first-order valence-electron chi connectivity index (χ1n) is 7.05. The molecule has 1 aromatic carbocycles. The van der Waals surface area contributed by atoms with Crippen molar-refractivity contribution >= 4 is 22.8 Å². The van der Waals surface area contributed by atoms with Crippen molar-refractivity contribution in [3.8, 4) is 5.75 Å². The number of nitrogens with zero attached hydrogens (tertiary/aromatic N) is 1. The van der Waals surface area contributed by atoms with E-state index in [1.54, 1.807) is 0 Å². The van der Waals surface area contributed by atoms with Crippen molar-refractivity contribution in [2.75, 3.05) is 39.5 Å². The Hall–Kier alpha value is -0.595. The van der Waals surface area contributed by atoms with Gasteiger partial charge in [-0.2, -0.15) is 0 Å². The number of rotatable bonds is 3. The topological polar surface area (TPSA) is 36.9 Å². The maximum absolute atomic E-state index is 6.09. The van der Waals surface area contributed by atoms with Gasteiger partial charge in [-0.3, -0.25) is 0 Å². The average Bonchev–Trinajstić information content (AvgIpc) is 2.99. The Morgan fingerprint density at radius 3 is 2.55 bits per heavy atom. The number of hydrogen-bond acceptors (Lipinski definition) is 4. The fraction of sp³-hybridized carbons (Fsp3) is 0.538. The number of hydrogen-bond donors (Lipinski definition) is 0. The van der Waals surface area contributed by atoms with Crippen LogP contribution in [0.1, 0.15) is 0 Å². The van der Waals surface area contributed by atoms with E-state index in [9.17, 15) is 0 Å². The lowest BCUT2D eigenvalue weighted by Gasteiger charge is -2.37. The smallest absolute Gasteiger partial charge is 0.491 e. The van der Waals surface area contributed by atoms with Gasteiger partial charge in [0.1, 0.15) is 18.5 Å². The fourth-order valence-electron chi connectivity index (χ4n) is 3.58. The Balaban J connectivity index is 1.41. The van der Waals surface area contributed by atoms with Gasteiger partial charge in [0.05, 0.1) is 32.8 Å². The van der Waals surface area contributed by atoms with Crippen molar-refractivity contribution in [3.05, 3.63) is 28.7 Å². The Morgan fingerprint density at radius 1 is 1.20 bits per heavy atom. The first-order chi connectivity index (χ1) is 9.71. The average molecular weight is 342 g/mol. The minimum absolute atomic E-state index is 0.0410. The van der Waals surface area contributed by atoms with Gasteiger partial charge >= 0.3 is 6.89 Å². The monoisotopic (exact) mass is 341 g/mol. The highest BCUT2D eigenvalue weighted by atomic mass is 79.9. The molecule has 3 aliphatic rings. The lowest BCUT2D eigenvalue weighted by atomic mass is 9.94. The Bertz CT molecular complexity index is 482. The van der Waals surface area contributed by atoms with Crippen molar-refractivity contribution in [2.45, 2.75) is 6.10 Å². The molecule has 0 spiro atoms. The molecule has 1 aromatic rings. The molecular formula is C13H17BBrNO4. The molecule has 3 heterocycles. The van der Waals surface area contributed by atoms with Crippen LogP contribution in [0.5, 0.6) is 5.75 Å². The van der Waals surface area contributed by atoms with Crippen LogP contribution in [0.4, 0.5) is 0 Å². The van der Waals surface area contributed by atoms with Crippen LogP contribution in [-0.2, 0) is 14.0 Å². The van der Waals surface area contributed by atoms with Crippen LogP contribution in [0.25, 0.3) is 0 Å². The van der Waals surface area contributed by atoms with Crippen LogP contribution in [0.15, 0.2) is 28.7 Å². The summed E-state index contributed by atoms with van der Waals surface area (Å²) in [4.78, 5) is 0. The summed E-state index contributed by atoms with van der Waals surface area (Å²) in [5.74, 6) is 0.857. The zero-order valence-electron chi connectivity index (χ0n) is 11.2. The third-order valence-corrected chi connectivity index (χ3v) is 5.11. The molecule has 0 radical (unpaired) electrons. The molecule has 7 heteroatoms. The van der Waals surface area contributed by atoms with E-state index >= 15 is 0 Å². The van der Waals surface area contributed by atoms with Gasteiger partial charge in [0, 0.05) is 4.47 Å². The Labute approximate surface area is 126 Å². The van der Waals surface area contributed by atoms with Crippen LogP contribution in [0.2, 0.25) is 0 Å². The molecule has 0 aromatic heterocycles. The highest BCUT2D eigenvalue weighted by Crippen LogP contribution is 2.41. The maximum Gasteiger partial charge on any atom is 0.625 e. The maximum atomic E-state index is 6.09. The van der Waals surface area contributed by atoms with Crippen molar-refractivity contribution in [3.63, 3.8) is 0 Å². The standard InChI is InChI=1S/C13H17BBrNO4/c15-11-1-3-12(4-2-11)17-10-13-9-16-5-7-18-14(16,20-13)19-8-6-16/h1-4,13H,5-10H2/t13-,14?,16?/m1/s1. The van der Waals surface area contributed by atoms with E-state index in [0.29, 0.717) is 6.61 Å². The zero-order chi connectivity index (χ0) is 13.6. The number of quaternary nitrogens is 1. The van der Waals surface area contributed by atoms with Gasteiger partial charge in [0.15, 0.2) is 0 Å². The summed E-state index contributed by atoms with van der Waals surface area (Å²) < 4.78 is 25.4. The van der Waals surface area contributed by atoms with E-state index in [0.717, 1.165) is 47.5 Å². The molecule has 3 fully saturated rings. The highest BCUT2D eigenvalue weighted by Gasteiger charge is 2.66. The van der Waals surface area contributed by atoms with Gasteiger partial charge in [-0.05, 0) is 24.3 Å². The third-order valence-electron chi connectivity index (χ3n) is 4.58. The van der Waals surface area contributed by atoms with Gasteiger partial charge in [-0.1, -0.05) is 15.9 Å². The minimum atomic E-state index is -1.56. The number of ether oxygens (including phenoxy) is 1. The van der Waals surface area contributed by atoms with E-state index < -0.39 is 6.89 Å². The molecular weight excluding hydrogens is 325 g/mol. The van der Waals surface area contributed by atoms with Gasteiger partial charge in [-0.15, -0.1) is 0 Å². The molecule has 1 atom stereocenters. The number of halogens is 1. The molecule has 0 bridgehead atoms. The van der Waals surface area contributed by atoms with E-state index in [-0.39, 0.29) is 6.10 Å². The lowest BCUT2D eigenvalue weighted by molar-refractivity contribution is -0.816. The SMILES string of the molecule is Brc1ccc(OC[C@H]2C[N+]34CCO[B-]3(OCC4)O2)cc1. The van der Waals surface area contributed by atoms with Crippen molar-refractivity contribution < 1.29 is 23.1 Å². The molecule has 0 unspecified atom stereocenters. The molecule has 3 aliphatic heterocycles. The summed E-state index contributed by atoms with van der Waals surface area (Å²) in [5.41, 5.74) is 0. The second kappa shape index (κ2) is 4.71. The normalized spacial score (nSPS) is 38.8. The molecule has 5 nitrogen and oxygen atoms in total. The first-order valence-corrected chi connectivity index (χ1v) is 7.84. The molecule has 0 saturated carbocycles. The van der Waals surface area contributed by atoms with Gasteiger partial charge < -0.3 is 23.1 Å². The lowest BCUT2D eigenvalue weighted by Crippen LogP contribution is -2.59. The Morgan fingerprint density at radius 2 is 1.90 bits per heavy atom. The highest BCUT2D eigenvalue weighted by molar-refractivity contribution is 9.10. The van der Waals surface area contributed by atoms with Gasteiger partial charge in [0.25, 0.3) is 0 Å². The molecule has 3 saturated heterocycles. The van der Waals surface area contributed by atoms with E-state index in [4.69, 9.17) is 18.7 Å². The van der Waals surface area contributed by atoms with Crippen LogP contribution in [0, 0.1) is 0 Å². The number of benzene rings is 1. The van der Waals surface area contributed by atoms with Gasteiger partial charge in [-0.25, -0.2) is 0 Å². The summed E-state index contributed by atoms with van der Waals surface area (Å²) in [6, 6.07) is 7.84. The van der Waals surface area contributed by atoms with Crippen LogP contribution in [0.3, 0.4) is 0 Å². The Kier molecular flexibility index (Phi) is 3.08. The van der Waals surface area contributed by atoms with Crippen LogP contribution >= 0.6 is 15.9 Å². The van der Waals surface area contributed by atoms with E-state index in [1.807, 2.05) is 24.3 Å². The predicted octanol–water partition coefficient (Wildman–Crippen LogP) is 1.54. The van der Waals surface area contributed by atoms with Crippen molar-refractivity contribution in [1.29, 1.82) is 0 Å². The van der Waals surface area contributed by atoms with Crippen molar-refractivity contribution in [2.24, 2.45) is 0 Å². The molecule has 108 valence electrons. The minimum Gasteiger partial charge on any atom is -0.491 e. The summed E-state index contributed by atoms with van der Waals surface area (Å²) in [6.07, 6.45) is 0.0410. The summed E-state index contributed by atoms with van der Waals surface area (Å²) >= 11 is 3.41. The fourth-order valence-corrected chi connectivity index (χ4v) is 3.85. The van der Waals surface area contributed by atoms with Crippen LogP contribution < -0.4 is 4.74 Å². The summed E-state index contributed by atoms with van der Waals surface area (Å²) in [7, 11) is 0. The van der Waals surface area contributed by atoms with E-state index in [2.05, 4.69) is 15.9 Å². The largest absolute Gasteiger partial charge is 0.625 e. The second-order valence-corrected chi connectivity index (χ2v) is 6.63. The zero-order valence-corrected chi connectivity index (χ0v) is 12.8. The molecule has 4 rings (SSSR count). The third kappa shape index (κ3) is 1.92. The second-order valence-electron chi connectivity index (χ2n) is 5.72. The predicted molar refractivity (Wildman–Crippen MR) is 77.0 cm³/mol. The molecule has 0 aliphatic carbocycles. The van der Waals surface area contributed by atoms with Gasteiger partial charge in [0.2, 0.25) is 0 Å². The first kappa shape index (κ1) is 13.1. The van der Waals surface area contributed by atoms with Crippen molar-refractivity contribution in [1.82, 2.24) is 0 Å². The quantitative estimate of drug-likeness (QED) is 0.781. The summed E-state index contributed by atoms with van der Waals surface area (Å²) in [6.45, 7) is 3.37. The van der Waals surface area contributed by atoms with Crippen LogP contribution in [-0.4, -0.2) is 56.8 Å². The molecule has 0 amide bonds. The summed E-state index contributed by atoms with van der Waals surface area (Å²) in [5, 5.41) is 0.